The van der Waals surface area contributed by atoms with Gasteiger partial charge < -0.3 is 15.4 Å². The molecule has 0 fully saturated rings. The van der Waals surface area contributed by atoms with E-state index in [1.165, 1.54) is 0 Å². The molecule has 2 atom stereocenters. The Morgan fingerprint density at radius 2 is 2.18 bits per heavy atom. The molecule has 17 heavy (non-hydrogen) atoms. The summed E-state index contributed by atoms with van der Waals surface area (Å²) >= 11 is 1.76. The summed E-state index contributed by atoms with van der Waals surface area (Å²) in [6.45, 7) is 2.76. The van der Waals surface area contributed by atoms with Crippen LogP contribution in [0.25, 0.3) is 0 Å². The van der Waals surface area contributed by atoms with Gasteiger partial charge in [0.2, 0.25) is 5.91 Å². The first-order valence-electron chi connectivity index (χ1n) is 6.08. The van der Waals surface area contributed by atoms with Crippen LogP contribution in [0.2, 0.25) is 0 Å². The molecule has 0 heterocycles. The van der Waals surface area contributed by atoms with Crippen LogP contribution in [0.1, 0.15) is 26.2 Å². The van der Waals surface area contributed by atoms with E-state index in [0.29, 0.717) is 13.0 Å². The predicted octanol–water partition coefficient (Wildman–Crippen LogP) is 1.34. The summed E-state index contributed by atoms with van der Waals surface area (Å²) in [5, 5.41) is 0. The lowest BCUT2D eigenvalue weighted by molar-refractivity contribution is -0.133. The van der Waals surface area contributed by atoms with E-state index in [-0.39, 0.29) is 11.9 Å². The third kappa shape index (κ3) is 6.29. The van der Waals surface area contributed by atoms with Gasteiger partial charge in [0.15, 0.2) is 0 Å². The van der Waals surface area contributed by atoms with Crippen LogP contribution in [0, 0.1) is 0 Å². The molecule has 1 amide bonds. The summed E-state index contributed by atoms with van der Waals surface area (Å²) in [4.78, 5) is 13.9. The fourth-order valence-electron chi connectivity index (χ4n) is 1.71. The third-order valence-corrected chi connectivity index (χ3v) is 3.62. The number of nitrogens with zero attached hydrogens (tertiary/aromatic N) is 1. The van der Waals surface area contributed by atoms with Gasteiger partial charge in [-0.1, -0.05) is 6.92 Å². The minimum absolute atomic E-state index is 0.0435. The molecule has 0 aromatic carbocycles. The Bertz CT molecular complexity index is 215. The molecule has 0 aromatic rings. The number of ether oxygens (including phenoxy) is 1. The first kappa shape index (κ1) is 16.7. The maximum atomic E-state index is 12.1. The minimum atomic E-state index is -0.397. The van der Waals surface area contributed by atoms with Crippen molar-refractivity contribution in [3.63, 3.8) is 0 Å². The van der Waals surface area contributed by atoms with E-state index in [1.807, 2.05) is 7.05 Å². The summed E-state index contributed by atoms with van der Waals surface area (Å²) in [6.07, 6.45) is 4.54. The van der Waals surface area contributed by atoms with Gasteiger partial charge in [-0.15, -0.1) is 0 Å². The molecule has 0 saturated heterocycles. The van der Waals surface area contributed by atoms with Crippen LogP contribution in [0.15, 0.2) is 0 Å². The van der Waals surface area contributed by atoms with Crippen molar-refractivity contribution in [3.8, 4) is 0 Å². The summed E-state index contributed by atoms with van der Waals surface area (Å²) in [7, 11) is 3.51. The molecule has 2 N–H and O–H groups in total. The molecule has 5 heteroatoms. The van der Waals surface area contributed by atoms with E-state index in [2.05, 4.69) is 13.2 Å². The average molecular weight is 262 g/mol. The summed E-state index contributed by atoms with van der Waals surface area (Å²) < 4.78 is 4.96. The van der Waals surface area contributed by atoms with Gasteiger partial charge in [-0.05, 0) is 25.5 Å². The topological polar surface area (TPSA) is 55.6 Å². The number of carbonyl (C=O) groups excluding carboxylic acids is 1. The predicted molar refractivity (Wildman–Crippen MR) is 74.3 cm³/mol. The molecule has 0 spiro atoms. The number of nitrogens with two attached hydrogens (primary N) is 1. The second kappa shape index (κ2) is 9.74. The number of amides is 1. The van der Waals surface area contributed by atoms with Crippen LogP contribution < -0.4 is 5.73 Å². The zero-order valence-corrected chi connectivity index (χ0v) is 12.3. The Hall–Kier alpha value is -0.260. The fourth-order valence-corrected chi connectivity index (χ4v) is 2.55. The van der Waals surface area contributed by atoms with Crippen molar-refractivity contribution in [3.05, 3.63) is 0 Å². The number of thioether (sulfide) groups is 1. The highest BCUT2D eigenvalue weighted by molar-refractivity contribution is 7.98. The van der Waals surface area contributed by atoms with E-state index in [9.17, 15) is 4.79 Å². The Balaban J connectivity index is 4.16. The summed E-state index contributed by atoms with van der Waals surface area (Å²) in [6, 6.07) is -0.114. The summed E-state index contributed by atoms with van der Waals surface area (Å²) in [5.41, 5.74) is 5.89. The molecule has 2 unspecified atom stereocenters. The molecule has 0 radical (unpaired) electrons. The molecule has 4 nitrogen and oxygen atoms in total. The minimum Gasteiger partial charge on any atom is -0.385 e. The van der Waals surface area contributed by atoms with E-state index in [4.69, 9.17) is 10.5 Å². The second-order valence-electron chi connectivity index (χ2n) is 4.21. The number of rotatable bonds is 9. The summed E-state index contributed by atoms with van der Waals surface area (Å²) in [5.74, 6) is 1.01. The van der Waals surface area contributed by atoms with Crippen LogP contribution in [-0.2, 0) is 9.53 Å². The van der Waals surface area contributed by atoms with Gasteiger partial charge in [0.1, 0.15) is 0 Å². The molecular weight excluding hydrogens is 236 g/mol. The standard InChI is InChI=1S/C12H26N2O2S/c1-5-10(9-17-4)14(2)12(15)11(13)7-6-8-16-3/h10-11H,5-9,13H2,1-4H3. The highest BCUT2D eigenvalue weighted by Crippen LogP contribution is 2.10. The molecule has 0 aliphatic rings. The number of methoxy groups -OCH3 is 1. The van der Waals surface area contributed by atoms with Crippen molar-refractivity contribution in [1.82, 2.24) is 4.90 Å². The smallest absolute Gasteiger partial charge is 0.239 e. The van der Waals surface area contributed by atoms with Crippen LogP contribution in [0.5, 0.6) is 0 Å². The Morgan fingerprint density at radius 1 is 1.53 bits per heavy atom. The number of hydrogen-bond donors (Lipinski definition) is 1. The first-order valence-corrected chi connectivity index (χ1v) is 7.47. The van der Waals surface area contributed by atoms with E-state index < -0.39 is 6.04 Å². The SMILES string of the molecule is CCC(CSC)N(C)C(=O)C(N)CCCOC. The first-order chi connectivity index (χ1) is 8.08. The molecule has 0 rings (SSSR count). The third-order valence-electron chi connectivity index (χ3n) is 2.91. The van der Waals surface area contributed by atoms with Crippen molar-refractivity contribution in [1.29, 1.82) is 0 Å². The lowest BCUT2D eigenvalue weighted by Gasteiger charge is -2.29. The van der Waals surface area contributed by atoms with Gasteiger partial charge in [0, 0.05) is 32.6 Å². The highest BCUT2D eigenvalue weighted by Gasteiger charge is 2.22. The van der Waals surface area contributed by atoms with Crippen molar-refractivity contribution >= 4 is 17.7 Å². The lowest BCUT2D eigenvalue weighted by Crippen LogP contribution is -2.47. The maximum Gasteiger partial charge on any atom is 0.239 e. The largest absolute Gasteiger partial charge is 0.385 e. The number of likely N-dealkylation sites (N-methyl/N-ethyl adjacent to an activating group) is 1. The van der Waals surface area contributed by atoms with Crippen LogP contribution in [0.4, 0.5) is 0 Å². The number of hydrogen-bond acceptors (Lipinski definition) is 4. The van der Waals surface area contributed by atoms with Gasteiger partial charge in [-0.2, -0.15) is 11.8 Å². The molecule has 0 saturated carbocycles. The average Bonchev–Trinajstić information content (AvgIpc) is 2.34. The number of carbonyl (C=O) groups is 1. The lowest BCUT2D eigenvalue weighted by atomic mass is 10.1. The van der Waals surface area contributed by atoms with E-state index in [0.717, 1.165) is 18.6 Å². The normalized spacial score (nSPS) is 14.4. The Kier molecular flexibility index (Phi) is 9.59. The molecular formula is C12H26N2O2S. The van der Waals surface area contributed by atoms with Gasteiger partial charge in [-0.25, -0.2) is 0 Å². The monoisotopic (exact) mass is 262 g/mol. The maximum absolute atomic E-state index is 12.1. The highest BCUT2D eigenvalue weighted by atomic mass is 32.2. The van der Waals surface area contributed by atoms with Crippen molar-refractivity contribution in [2.45, 2.75) is 38.3 Å². The van der Waals surface area contributed by atoms with Gasteiger partial charge in [-0.3, -0.25) is 4.79 Å². The van der Waals surface area contributed by atoms with Gasteiger partial charge >= 0.3 is 0 Å². The fraction of sp³-hybridized carbons (Fsp3) is 0.917. The second-order valence-corrected chi connectivity index (χ2v) is 5.12. The Labute approximate surface area is 109 Å². The molecule has 0 aliphatic carbocycles. The van der Waals surface area contributed by atoms with Gasteiger partial charge in [0.05, 0.1) is 6.04 Å². The quantitative estimate of drug-likeness (QED) is 0.637. The van der Waals surface area contributed by atoms with Crippen molar-refractivity contribution < 1.29 is 9.53 Å². The zero-order chi connectivity index (χ0) is 13.3. The van der Waals surface area contributed by atoms with Crippen LogP contribution >= 0.6 is 11.8 Å². The molecule has 0 aliphatic heterocycles. The Morgan fingerprint density at radius 3 is 2.65 bits per heavy atom. The van der Waals surface area contributed by atoms with Crippen LogP contribution in [0.3, 0.4) is 0 Å². The van der Waals surface area contributed by atoms with Crippen molar-refractivity contribution in [2.24, 2.45) is 5.73 Å². The van der Waals surface area contributed by atoms with E-state index >= 15 is 0 Å². The zero-order valence-electron chi connectivity index (χ0n) is 11.4. The molecule has 0 aromatic heterocycles. The van der Waals surface area contributed by atoms with Gasteiger partial charge in [0.25, 0.3) is 0 Å². The molecule has 0 bridgehead atoms. The van der Waals surface area contributed by atoms with E-state index in [1.54, 1.807) is 23.8 Å². The van der Waals surface area contributed by atoms with Crippen LogP contribution in [-0.4, -0.2) is 55.7 Å². The van der Waals surface area contributed by atoms with Crippen molar-refractivity contribution in [2.75, 3.05) is 32.8 Å². The molecule has 102 valence electrons.